The molecule has 0 amide bonds. The standard InChI is InChI=1S/C20H12O3S/c21-19-15-8-4-5-9-17(15)24-18-11-10-13(12-16(18)19)20(22)23-14-6-2-1-3-7-14/h1-12H. The molecular weight excluding hydrogens is 320 g/mol. The molecule has 3 aromatic carbocycles. The molecule has 0 aliphatic heterocycles. The van der Waals surface area contributed by atoms with Crippen LogP contribution in [0.4, 0.5) is 0 Å². The molecule has 0 saturated carbocycles. The number of carbonyl (C=O) groups is 1. The van der Waals surface area contributed by atoms with Gasteiger partial charge in [-0.3, -0.25) is 4.79 Å². The lowest BCUT2D eigenvalue weighted by Crippen LogP contribution is -2.09. The van der Waals surface area contributed by atoms with Crippen LogP contribution in [0.5, 0.6) is 5.75 Å². The molecule has 4 heteroatoms. The van der Waals surface area contributed by atoms with Crippen LogP contribution >= 0.6 is 11.3 Å². The van der Waals surface area contributed by atoms with Gasteiger partial charge in [0.2, 0.25) is 0 Å². The molecule has 0 fully saturated rings. The van der Waals surface area contributed by atoms with Crippen LogP contribution in [0, 0.1) is 0 Å². The smallest absolute Gasteiger partial charge is 0.343 e. The SMILES string of the molecule is O=C(Oc1ccccc1)c1ccc2sc3ccccc3c(=O)c2c1. The summed E-state index contributed by atoms with van der Waals surface area (Å²) in [7, 11) is 0. The summed E-state index contributed by atoms with van der Waals surface area (Å²) in [6, 6.07) is 21.5. The van der Waals surface area contributed by atoms with Crippen LogP contribution in [0.15, 0.2) is 77.6 Å². The molecule has 4 rings (SSSR count). The van der Waals surface area contributed by atoms with Crippen LogP contribution in [0.25, 0.3) is 20.2 Å². The van der Waals surface area contributed by atoms with Crippen LogP contribution in [0.1, 0.15) is 10.4 Å². The number of rotatable bonds is 2. The van der Waals surface area contributed by atoms with E-state index in [0.717, 1.165) is 9.40 Å². The average Bonchev–Trinajstić information content (AvgIpc) is 2.62. The van der Waals surface area contributed by atoms with Gasteiger partial charge in [-0.1, -0.05) is 30.3 Å². The number of hydrogen-bond donors (Lipinski definition) is 0. The average molecular weight is 332 g/mol. The van der Waals surface area contributed by atoms with E-state index >= 15 is 0 Å². The maximum atomic E-state index is 12.7. The van der Waals surface area contributed by atoms with Gasteiger partial charge in [-0.05, 0) is 42.5 Å². The van der Waals surface area contributed by atoms with E-state index in [1.807, 2.05) is 30.3 Å². The van der Waals surface area contributed by atoms with Gasteiger partial charge >= 0.3 is 5.97 Å². The summed E-state index contributed by atoms with van der Waals surface area (Å²) in [5.41, 5.74) is 0.305. The van der Waals surface area contributed by atoms with E-state index in [2.05, 4.69) is 0 Å². The fourth-order valence-electron chi connectivity index (χ4n) is 2.58. The molecule has 116 valence electrons. The van der Waals surface area contributed by atoms with E-state index in [9.17, 15) is 9.59 Å². The molecule has 0 saturated heterocycles. The Balaban J connectivity index is 1.80. The fraction of sp³-hybridized carbons (Fsp3) is 0. The predicted molar refractivity (Wildman–Crippen MR) is 97.0 cm³/mol. The van der Waals surface area contributed by atoms with Gasteiger partial charge in [-0.2, -0.15) is 0 Å². The van der Waals surface area contributed by atoms with Crippen molar-refractivity contribution in [1.29, 1.82) is 0 Å². The molecular formula is C20H12O3S. The van der Waals surface area contributed by atoms with E-state index < -0.39 is 5.97 Å². The Bertz CT molecular complexity index is 1110. The van der Waals surface area contributed by atoms with E-state index in [1.54, 1.807) is 42.5 Å². The van der Waals surface area contributed by atoms with Gasteiger partial charge in [-0.25, -0.2) is 4.79 Å². The molecule has 1 heterocycles. The predicted octanol–water partition coefficient (Wildman–Crippen LogP) is 4.63. The van der Waals surface area contributed by atoms with Crippen LogP contribution in [-0.4, -0.2) is 5.97 Å². The van der Waals surface area contributed by atoms with Crippen molar-refractivity contribution in [2.45, 2.75) is 0 Å². The number of esters is 1. The highest BCUT2D eigenvalue weighted by Gasteiger charge is 2.12. The first-order chi connectivity index (χ1) is 11.7. The lowest BCUT2D eigenvalue weighted by Gasteiger charge is -2.06. The van der Waals surface area contributed by atoms with Gasteiger partial charge in [0.1, 0.15) is 5.75 Å². The summed E-state index contributed by atoms with van der Waals surface area (Å²) in [5.74, 6) is 0.00641. The highest BCUT2D eigenvalue weighted by Crippen LogP contribution is 2.25. The largest absolute Gasteiger partial charge is 0.423 e. The molecule has 1 aromatic heterocycles. The van der Waals surface area contributed by atoms with E-state index in [1.165, 1.54) is 11.3 Å². The van der Waals surface area contributed by atoms with Crippen molar-refractivity contribution < 1.29 is 9.53 Å². The van der Waals surface area contributed by atoms with E-state index in [4.69, 9.17) is 4.74 Å². The molecule has 4 aromatic rings. The van der Waals surface area contributed by atoms with Crippen molar-refractivity contribution in [2.24, 2.45) is 0 Å². The van der Waals surface area contributed by atoms with Crippen molar-refractivity contribution >= 4 is 37.5 Å². The Kier molecular flexibility index (Phi) is 3.59. The van der Waals surface area contributed by atoms with E-state index in [-0.39, 0.29) is 5.43 Å². The number of benzene rings is 3. The second kappa shape index (κ2) is 5.91. The lowest BCUT2D eigenvalue weighted by molar-refractivity contribution is 0.0735. The molecule has 0 atom stereocenters. The highest BCUT2D eigenvalue weighted by atomic mass is 32.1. The van der Waals surface area contributed by atoms with Gasteiger partial charge in [0, 0.05) is 20.2 Å². The molecule has 3 nitrogen and oxygen atoms in total. The minimum atomic E-state index is -0.472. The normalized spacial score (nSPS) is 10.8. The minimum absolute atomic E-state index is 0.0614. The van der Waals surface area contributed by atoms with E-state index in [0.29, 0.717) is 22.1 Å². The molecule has 0 aliphatic carbocycles. The van der Waals surface area contributed by atoms with Gasteiger partial charge in [-0.15, -0.1) is 11.3 Å². The second-order valence-corrected chi connectivity index (χ2v) is 6.42. The zero-order valence-electron chi connectivity index (χ0n) is 12.6. The first kappa shape index (κ1) is 14.6. The second-order valence-electron chi connectivity index (χ2n) is 5.34. The van der Waals surface area contributed by atoms with Crippen molar-refractivity contribution in [3.05, 3.63) is 88.6 Å². The van der Waals surface area contributed by atoms with Crippen molar-refractivity contribution in [3.8, 4) is 5.75 Å². The summed E-state index contributed by atoms with van der Waals surface area (Å²) in [6.45, 7) is 0. The quantitative estimate of drug-likeness (QED) is 0.305. The Hall–Kier alpha value is -2.98. The fourth-order valence-corrected chi connectivity index (χ4v) is 3.64. The van der Waals surface area contributed by atoms with Crippen molar-refractivity contribution in [1.82, 2.24) is 0 Å². The number of fused-ring (bicyclic) bond motifs is 2. The Morgan fingerprint density at radius 2 is 1.50 bits per heavy atom. The third kappa shape index (κ3) is 2.57. The van der Waals surface area contributed by atoms with Gasteiger partial charge in [0.05, 0.1) is 5.56 Å². The molecule has 0 spiro atoms. The minimum Gasteiger partial charge on any atom is -0.423 e. The number of carbonyl (C=O) groups excluding carboxylic acids is 1. The van der Waals surface area contributed by atoms with Crippen molar-refractivity contribution in [2.75, 3.05) is 0 Å². The van der Waals surface area contributed by atoms with Crippen LogP contribution in [-0.2, 0) is 0 Å². The molecule has 0 radical (unpaired) electrons. The first-order valence-corrected chi connectivity index (χ1v) is 8.27. The van der Waals surface area contributed by atoms with Gasteiger partial charge in [0.25, 0.3) is 0 Å². The van der Waals surface area contributed by atoms with Crippen molar-refractivity contribution in [3.63, 3.8) is 0 Å². The Labute approximate surface area is 141 Å². The maximum Gasteiger partial charge on any atom is 0.343 e. The third-order valence-corrected chi connectivity index (χ3v) is 4.92. The maximum absolute atomic E-state index is 12.7. The highest BCUT2D eigenvalue weighted by molar-refractivity contribution is 7.24. The summed E-state index contributed by atoms with van der Waals surface area (Å²) < 4.78 is 7.14. The molecule has 0 N–H and O–H groups in total. The Morgan fingerprint density at radius 3 is 2.33 bits per heavy atom. The zero-order valence-corrected chi connectivity index (χ0v) is 13.4. The van der Waals surface area contributed by atoms with Crippen LogP contribution < -0.4 is 10.2 Å². The Morgan fingerprint density at radius 1 is 0.792 bits per heavy atom. The topological polar surface area (TPSA) is 43.4 Å². The summed E-state index contributed by atoms with van der Waals surface area (Å²) in [4.78, 5) is 25.0. The summed E-state index contributed by atoms with van der Waals surface area (Å²) >= 11 is 1.54. The van der Waals surface area contributed by atoms with Gasteiger partial charge < -0.3 is 4.74 Å². The number of ether oxygens (including phenoxy) is 1. The third-order valence-electron chi connectivity index (χ3n) is 3.77. The number of para-hydroxylation sites is 1. The van der Waals surface area contributed by atoms with Gasteiger partial charge in [0.15, 0.2) is 5.43 Å². The molecule has 24 heavy (non-hydrogen) atoms. The first-order valence-electron chi connectivity index (χ1n) is 7.45. The summed E-state index contributed by atoms with van der Waals surface area (Å²) in [5, 5.41) is 1.21. The summed E-state index contributed by atoms with van der Waals surface area (Å²) in [6.07, 6.45) is 0. The van der Waals surface area contributed by atoms with Crippen LogP contribution in [0.2, 0.25) is 0 Å². The zero-order chi connectivity index (χ0) is 16.5. The molecule has 0 aliphatic rings. The number of hydrogen-bond acceptors (Lipinski definition) is 4. The van der Waals surface area contributed by atoms with Crippen LogP contribution in [0.3, 0.4) is 0 Å². The lowest BCUT2D eigenvalue weighted by atomic mass is 10.1. The molecule has 0 unspecified atom stereocenters. The monoisotopic (exact) mass is 332 g/mol. The molecule has 0 bridgehead atoms.